The molecule has 0 bridgehead atoms. The fourth-order valence-corrected chi connectivity index (χ4v) is 1.57. The smallest absolute Gasteiger partial charge is 0.407 e. The predicted molar refractivity (Wildman–Crippen MR) is 47.7 cm³/mol. The van der Waals surface area contributed by atoms with Crippen LogP contribution in [0, 0.1) is 0 Å². The molecular weight excluding hydrogens is 226 g/mol. The van der Waals surface area contributed by atoms with Crippen LogP contribution in [0.1, 0.15) is 6.92 Å². The normalized spacial score (nSPS) is 30.3. The van der Waals surface area contributed by atoms with Crippen molar-refractivity contribution in [1.82, 2.24) is 4.90 Å². The molecule has 0 radical (unpaired) electrons. The number of ether oxygens (including phenoxy) is 1. The molecule has 0 aliphatic carbocycles. The van der Waals surface area contributed by atoms with Gasteiger partial charge in [-0.05, 0) is 6.92 Å². The molecule has 1 heterocycles. The summed E-state index contributed by atoms with van der Waals surface area (Å²) in [5, 5.41) is 9.46. The van der Waals surface area contributed by atoms with Crippen molar-refractivity contribution < 1.29 is 14.6 Å². The summed E-state index contributed by atoms with van der Waals surface area (Å²) in [4.78, 5) is 12.1. The average Bonchev–Trinajstić information content (AvgIpc) is 2.05. The largest absolute Gasteiger partial charge is 0.465 e. The topological polar surface area (TPSA) is 49.8 Å². The average molecular weight is 238 g/mol. The maximum atomic E-state index is 10.7. The van der Waals surface area contributed by atoms with Crippen molar-refractivity contribution in [2.45, 2.75) is 19.1 Å². The molecule has 70 valence electrons. The van der Waals surface area contributed by atoms with E-state index in [1.807, 2.05) is 6.92 Å². The number of halogens is 1. The Kier molecular flexibility index (Phi) is 3.34. The van der Waals surface area contributed by atoms with E-state index >= 15 is 0 Å². The minimum absolute atomic E-state index is 0.00250. The molecule has 1 aliphatic heterocycles. The van der Waals surface area contributed by atoms with Crippen molar-refractivity contribution in [2.24, 2.45) is 0 Å². The Morgan fingerprint density at radius 3 is 3.00 bits per heavy atom. The van der Waals surface area contributed by atoms with E-state index in [-0.39, 0.29) is 12.1 Å². The van der Waals surface area contributed by atoms with E-state index in [0.717, 1.165) is 0 Å². The molecule has 1 fully saturated rings. The van der Waals surface area contributed by atoms with Crippen LogP contribution in [-0.4, -0.2) is 46.7 Å². The number of amides is 1. The Bertz CT molecular complexity index is 176. The van der Waals surface area contributed by atoms with Crippen LogP contribution in [0.15, 0.2) is 0 Å². The van der Waals surface area contributed by atoms with Crippen molar-refractivity contribution in [3.8, 4) is 0 Å². The van der Waals surface area contributed by atoms with Gasteiger partial charge in [-0.2, -0.15) is 0 Å². The number of morpholine rings is 1. The first-order valence-electron chi connectivity index (χ1n) is 3.82. The molecule has 1 saturated heterocycles. The quantitative estimate of drug-likeness (QED) is 0.697. The minimum atomic E-state index is -0.864. The van der Waals surface area contributed by atoms with Gasteiger partial charge in [0, 0.05) is 5.33 Å². The van der Waals surface area contributed by atoms with Crippen LogP contribution < -0.4 is 0 Å². The van der Waals surface area contributed by atoms with Gasteiger partial charge in [0.25, 0.3) is 0 Å². The lowest BCUT2D eigenvalue weighted by molar-refractivity contribution is -0.0374. The second kappa shape index (κ2) is 4.09. The zero-order valence-electron chi connectivity index (χ0n) is 6.86. The van der Waals surface area contributed by atoms with Gasteiger partial charge in [0.1, 0.15) is 0 Å². The lowest BCUT2D eigenvalue weighted by atomic mass is 10.2. The maximum Gasteiger partial charge on any atom is 0.407 e. The lowest BCUT2D eigenvalue weighted by Crippen LogP contribution is -2.51. The zero-order chi connectivity index (χ0) is 9.14. The van der Waals surface area contributed by atoms with E-state index in [9.17, 15) is 4.79 Å². The molecule has 4 nitrogen and oxygen atoms in total. The molecule has 0 spiro atoms. The van der Waals surface area contributed by atoms with Crippen molar-refractivity contribution in [3.05, 3.63) is 0 Å². The molecule has 0 aromatic carbocycles. The Balaban J connectivity index is 2.53. The van der Waals surface area contributed by atoms with E-state index < -0.39 is 6.09 Å². The van der Waals surface area contributed by atoms with Gasteiger partial charge in [0.15, 0.2) is 0 Å². The molecule has 1 amide bonds. The molecule has 0 saturated carbocycles. The summed E-state index contributed by atoms with van der Waals surface area (Å²) in [5.41, 5.74) is 0. The summed E-state index contributed by atoms with van der Waals surface area (Å²) in [6, 6.07) is -0.0298. The predicted octanol–water partition coefficient (Wildman–Crippen LogP) is 1.15. The second-order valence-corrected chi connectivity index (χ2v) is 3.54. The number of hydrogen-bond acceptors (Lipinski definition) is 2. The highest BCUT2D eigenvalue weighted by Crippen LogP contribution is 2.12. The first-order chi connectivity index (χ1) is 5.65. The number of nitrogens with zero attached hydrogens (tertiary/aromatic N) is 1. The summed E-state index contributed by atoms with van der Waals surface area (Å²) in [6.45, 7) is 2.79. The first-order valence-corrected chi connectivity index (χ1v) is 4.94. The van der Waals surface area contributed by atoms with E-state index in [1.165, 1.54) is 4.90 Å². The number of hydrogen-bond donors (Lipinski definition) is 1. The summed E-state index contributed by atoms with van der Waals surface area (Å²) < 4.78 is 5.37. The van der Waals surface area contributed by atoms with E-state index in [4.69, 9.17) is 9.84 Å². The van der Waals surface area contributed by atoms with Crippen molar-refractivity contribution in [3.63, 3.8) is 0 Å². The third kappa shape index (κ3) is 2.10. The Morgan fingerprint density at radius 1 is 1.83 bits per heavy atom. The van der Waals surface area contributed by atoms with Crippen LogP contribution in [0.4, 0.5) is 4.79 Å². The highest BCUT2D eigenvalue weighted by molar-refractivity contribution is 9.09. The fraction of sp³-hybridized carbons (Fsp3) is 0.857. The van der Waals surface area contributed by atoms with Gasteiger partial charge in [-0.3, -0.25) is 0 Å². The van der Waals surface area contributed by atoms with Crippen LogP contribution in [0.2, 0.25) is 0 Å². The molecule has 2 atom stereocenters. The maximum absolute atomic E-state index is 10.7. The summed E-state index contributed by atoms with van der Waals surface area (Å²) in [6.07, 6.45) is -0.867. The molecule has 12 heavy (non-hydrogen) atoms. The number of carboxylic acid groups (broad SMARTS) is 1. The van der Waals surface area contributed by atoms with Gasteiger partial charge in [0.05, 0.1) is 25.3 Å². The summed E-state index contributed by atoms with van der Waals surface area (Å²) in [5.74, 6) is 0. The monoisotopic (exact) mass is 237 g/mol. The van der Waals surface area contributed by atoms with Crippen molar-refractivity contribution in [2.75, 3.05) is 18.5 Å². The van der Waals surface area contributed by atoms with E-state index in [2.05, 4.69) is 15.9 Å². The van der Waals surface area contributed by atoms with Crippen molar-refractivity contribution >= 4 is 22.0 Å². The number of carbonyl (C=O) groups is 1. The Morgan fingerprint density at radius 2 is 2.50 bits per heavy atom. The van der Waals surface area contributed by atoms with Crippen LogP contribution in [0.5, 0.6) is 0 Å². The molecule has 1 N–H and O–H groups in total. The van der Waals surface area contributed by atoms with E-state index in [0.29, 0.717) is 18.5 Å². The molecule has 1 aliphatic rings. The molecule has 0 aromatic heterocycles. The second-order valence-electron chi connectivity index (χ2n) is 2.89. The highest BCUT2D eigenvalue weighted by Gasteiger charge is 2.28. The SMILES string of the molecule is C[C@@H]1CO[C@H](CBr)CN1C(=O)O. The van der Waals surface area contributed by atoms with Gasteiger partial charge >= 0.3 is 6.09 Å². The van der Waals surface area contributed by atoms with Crippen LogP contribution >= 0.6 is 15.9 Å². The highest BCUT2D eigenvalue weighted by atomic mass is 79.9. The van der Waals surface area contributed by atoms with Gasteiger partial charge < -0.3 is 14.7 Å². The fourth-order valence-electron chi connectivity index (χ4n) is 1.18. The Hall–Kier alpha value is -0.290. The van der Waals surface area contributed by atoms with E-state index in [1.54, 1.807) is 0 Å². The zero-order valence-corrected chi connectivity index (χ0v) is 8.45. The van der Waals surface area contributed by atoms with Crippen LogP contribution in [0.3, 0.4) is 0 Å². The van der Waals surface area contributed by atoms with Gasteiger partial charge in [0.2, 0.25) is 0 Å². The van der Waals surface area contributed by atoms with Gasteiger partial charge in [-0.25, -0.2) is 4.79 Å². The molecule has 1 rings (SSSR count). The van der Waals surface area contributed by atoms with Crippen molar-refractivity contribution in [1.29, 1.82) is 0 Å². The minimum Gasteiger partial charge on any atom is -0.465 e. The third-order valence-electron chi connectivity index (χ3n) is 1.92. The number of alkyl halides is 1. The standard InChI is InChI=1S/C7H12BrNO3/c1-5-4-12-6(2-8)3-9(5)7(10)11/h5-6H,2-4H2,1H3,(H,10,11)/t5-,6-/m1/s1. The molecular formula is C7H12BrNO3. The third-order valence-corrected chi connectivity index (χ3v) is 2.65. The molecule has 0 aromatic rings. The summed E-state index contributed by atoms with van der Waals surface area (Å²) >= 11 is 3.26. The van der Waals surface area contributed by atoms with Gasteiger partial charge in [-0.1, -0.05) is 15.9 Å². The molecule has 5 heteroatoms. The van der Waals surface area contributed by atoms with Gasteiger partial charge in [-0.15, -0.1) is 0 Å². The molecule has 0 unspecified atom stereocenters. The Labute approximate surface area is 79.6 Å². The first kappa shape index (κ1) is 9.80. The van der Waals surface area contributed by atoms with Crippen LogP contribution in [-0.2, 0) is 4.74 Å². The lowest BCUT2D eigenvalue weighted by Gasteiger charge is -2.35. The summed E-state index contributed by atoms with van der Waals surface area (Å²) in [7, 11) is 0. The number of rotatable bonds is 1. The van der Waals surface area contributed by atoms with Crippen LogP contribution in [0.25, 0.3) is 0 Å².